The van der Waals surface area contributed by atoms with E-state index in [0.29, 0.717) is 21.5 Å². The lowest BCUT2D eigenvalue weighted by Crippen LogP contribution is -2.34. The molecule has 2 amide bonds. The molecule has 0 atom stereocenters. The van der Waals surface area contributed by atoms with Gasteiger partial charge in [0.2, 0.25) is 27.0 Å². The van der Waals surface area contributed by atoms with Gasteiger partial charge >= 0.3 is 0 Å². The number of amides is 2. The number of ether oxygens (including phenoxy) is 2. The number of methoxy groups -OCH3 is 2. The molecule has 0 aliphatic heterocycles. The number of hydrogen-bond donors (Lipinski definition) is 2. The molecule has 14 heteroatoms. The van der Waals surface area contributed by atoms with Crippen molar-refractivity contribution in [2.24, 2.45) is 0 Å². The lowest BCUT2D eigenvalue weighted by Gasteiger charge is -2.12. The Morgan fingerprint density at radius 2 is 1.83 bits per heavy atom. The molecule has 30 heavy (non-hydrogen) atoms. The number of carbonyl (C=O) groups excluding carboxylic acids is 2. The Hall–Kier alpha value is -2.42. The zero-order chi connectivity index (χ0) is 22.3. The molecule has 0 radical (unpaired) electrons. The summed E-state index contributed by atoms with van der Waals surface area (Å²) in [5, 5.41) is 13.1. The summed E-state index contributed by atoms with van der Waals surface area (Å²) >= 11 is 2.23. The number of likely N-dealkylation sites (N-methyl/N-ethyl adjacent to an activating group) is 1. The van der Waals surface area contributed by atoms with Crippen LogP contribution in [0.2, 0.25) is 0 Å². The van der Waals surface area contributed by atoms with E-state index in [9.17, 15) is 18.0 Å². The maximum atomic E-state index is 12.2. The summed E-state index contributed by atoms with van der Waals surface area (Å²) in [6.07, 6.45) is 1.01. The fraction of sp³-hybridized carbons (Fsp3) is 0.375. The quantitative estimate of drug-likeness (QED) is 0.382. The Balaban J connectivity index is 1.85. The number of anilines is 2. The second-order valence-corrected chi connectivity index (χ2v) is 10.1. The number of nitrogens with one attached hydrogen (secondary N) is 2. The van der Waals surface area contributed by atoms with Crippen molar-refractivity contribution < 1.29 is 27.5 Å². The zero-order valence-corrected chi connectivity index (χ0v) is 19.1. The summed E-state index contributed by atoms with van der Waals surface area (Å²) in [5.74, 6) is 0.322. The Morgan fingerprint density at radius 3 is 2.47 bits per heavy atom. The monoisotopic (exact) mass is 475 g/mol. The van der Waals surface area contributed by atoms with Gasteiger partial charge in [0.25, 0.3) is 0 Å². The van der Waals surface area contributed by atoms with Crippen molar-refractivity contribution in [3.63, 3.8) is 0 Å². The first-order valence-electron chi connectivity index (χ1n) is 8.31. The number of nitrogens with zero attached hydrogens (tertiary/aromatic N) is 3. The molecule has 0 saturated carbocycles. The molecule has 1 aromatic carbocycles. The van der Waals surface area contributed by atoms with E-state index < -0.39 is 15.9 Å². The first kappa shape index (κ1) is 23.9. The van der Waals surface area contributed by atoms with Crippen LogP contribution in [0.4, 0.5) is 10.8 Å². The van der Waals surface area contributed by atoms with Crippen LogP contribution in [0, 0.1) is 0 Å². The molecule has 0 aliphatic rings. The second kappa shape index (κ2) is 10.6. The van der Waals surface area contributed by atoms with Crippen LogP contribution in [0.1, 0.15) is 0 Å². The lowest BCUT2D eigenvalue weighted by molar-refractivity contribution is -0.116. The topological polar surface area (TPSA) is 140 Å². The van der Waals surface area contributed by atoms with Gasteiger partial charge in [0.1, 0.15) is 0 Å². The molecule has 11 nitrogen and oxygen atoms in total. The minimum absolute atomic E-state index is 0.0771. The van der Waals surface area contributed by atoms with Crippen molar-refractivity contribution in [2.45, 2.75) is 4.34 Å². The number of sulfonamides is 1. The smallest absolute Gasteiger partial charge is 0.241 e. The highest BCUT2D eigenvalue weighted by Gasteiger charge is 2.17. The molecule has 0 unspecified atom stereocenters. The molecular formula is C16H21N5O6S3. The molecule has 0 fully saturated rings. The van der Waals surface area contributed by atoms with Crippen LogP contribution in [0.25, 0.3) is 0 Å². The van der Waals surface area contributed by atoms with Gasteiger partial charge in [-0.1, -0.05) is 23.1 Å². The van der Waals surface area contributed by atoms with Crippen LogP contribution < -0.4 is 20.1 Å². The molecule has 2 aromatic rings. The highest BCUT2D eigenvalue weighted by Crippen LogP contribution is 2.30. The summed E-state index contributed by atoms with van der Waals surface area (Å²) in [6, 6.07) is 5.02. The Bertz CT molecular complexity index is 1010. The van der Waals surface area contributed by atoms with Gasteiger partial charge in [-0.25, -0.2) is 8.42 Å². The van der Waals surface area contributed by atoms with Crippen LogP contribution in [0.3, 0.4) is 0 Å². The van der Waals surface area contributed by atoms with Crippen LogP contribution in [-0.2, 0) is 19.6 Å². The summed E-state index contributed by atoms with van der Waals surface area (Å²) in [7, 11) is 0.865. The molecule has 0 spiro atoms. The Morgan fingerprint density at radius 1 is 1.13 bits per heavy atom. The second-order valence-electron chi connectivity index (χ2n) is 5.85. The average Bonchev–Trinajstić information content (AvgIpc) is 3.12. The Labute approximate surface area is 182 Å². The third-order valence-corrected chi connectivity index (χ3v) is 6.81. The molecule has 1 aromatic heterocycles. The van der Waals surface area contributed by atoms with E-state index in [4.69, 9.17) is 9.47 Å². The summed E-state index contributed by atoms with van der Waals surface area (Å²) < 4.78 is 34.4. The highest BCUT2D eigenvalue weighted by molar-refractivity contribution is 8.01. The van der Waals surface area contributed by atoms with Crippen molar-refractivity contribution in [2.75, 3.05) is 50.5 Å². The first-order chi connectivity index (χ1) is 14.1. The maximum absolute atomic E-state index is 12.2. The van der Waals surface area contributed by atoms with Crippen molar-refractivity contribution >= 4 is 55.8 Å². The third kappa shape index (κ3) is 7.12. The van der Waals surface area contributed by atoms with E-state index in [1.54, 1.807) is 18.2 Å². The van der Waals surface area contributed by atoms with Crippen LogP contribution in [0.5, 0.6) is 11.5 Å². The predicted octanol–water partition coefficient (Wildman–Crippen LogP) is 1.12. The van der Waals surface area contributed by atoms with Gasteiger partial charge in [-0.2, -0.15) is 4.31 Å². The van der Waals surface area contributed by atoms with Crippen LogP contribution in [0.15, 0.2) is 22.5 Å². The maximum Gasteiger partial charge on any atom is 0.241 e. The molecule has 0 aliphatic carbocycles. The number of rotatable bonds is 10. The molecule has 1 heterocycles. The molecule has 0 bridgehead atoms. The van der Waals surface area contributed by atoms with Crippen molar-refractivity contribution in [1.29, 1.82) is 0 Å². The molecular weight excluding hydrogens is 454 g/mol. The van der Waals surface area contributed by atoms with Crippen molar-refractivity contribution in [1.82, 2.24) is 14.5 Å². The number of thioether (sulfide) groups is 1. The average molecular weight is 476 g/mol. The summed E-state index contributed by atoms with van der Waals surface area (Å²) in [4.78, 5) is 24.0. The van der Waals surface area contributed by atoms with E-state index in [1.807, 2.05) is 0 Å². The van der Waals surface area contributed by atoms with E-state index in [0.717, 1.165) is 33.7 Å². The number of hydrogen-bond acceptors (Lipinski definition) is 10. The van der Waals surface area contributed by atoms with Gasteiger partial charge in [-0.3, -0.25) is 14.9 Å². The Kier molecular flexibility index (Phi) is 8.40. The van der Waals surface area contributed by atoms with Gasteiger partial charge in [0.05, 0.1) is 32.8 Å². The first-order valence-corrected chi connectivity index (χ1v) is 12.0. The van der Waals surface area contributed by atoms with Gasteiger partial charge in [-0.05, 0) is 12.1 Å². The normalized spacial score (nSPS) is 11.2. The molecule has 2 rings (SSSR count). The zero-order valence-electron chi connectivity index (χ0n) is 16.7. The van der Waals surface area contributed by atoms with Gasteiger partial charge in [-0.15, -0.1) is 10.2 Å². The standard InChI is InChI=1S/C16H21N5O6S3/c1-21(30(4,24)25)8-13(22)18-15-19-20-16(29-15)28-9-14(23)17-10-5-6-11(26-2)12(7-10)27-3/h5-7H,8-9H2,1-4H3,(H,17,23)(H,18,19,22). The predicted molar refractivity (Wildman–Crippen MR) is 115 cm³/mol. The largest absolute Gasteiger partial charge is 0.493 e. The van der Waals surface area contributed by atoms with Crippen molar-refractivity contribution in [3.8, 4) is 11.5 Å². The number of aromatic nitrogens is 2. The molecule has 164 valence electrons. The van der Waals surface area contributed by atoms with E-state index >= 15 is 0 Å². The van der Waals surface area contributed by atoms with Gasteiger partial charge in [0, 0.05) is 18.8 Å². The summed E-state index contributed by atoms with van der Waals surface area (Å²) in [6.45, 7) is -0.339. The minimum Gasteiger partial charge on any atom is -0.493 e. The summed E-state index contributed by atoms with van der Waals surface area (Å²) in [5.41, 5.74) is 0.554. The lowest BCUT2D eigenvalue weighted by atomic mass is 10.2. The number of carbonyl (C=O) groups is 2. The highest BCUT2D eigenvalue weighted by atomic mass is 32.2. The fourth-order valence-corrected chi connectivity index (χ4v) is 3.96. The van der Waals surface area contributed by atoms with E-state index in [1.165, 1.54) is 21.3 Å². The third-order valence-electron chi connectivity index (χ3n) is 3.58. The van der Waals surface area contributed by atoms with Crippen LogP contribution >= 0.6 is 23.1 Å². The molecule has 0 saturated heterocycles. The number of benzene rings is 1. The SMILES string of the molecule is COc1ccc(NC(=O)CSc2nnc(NC(=O)CN(C)S(C)(=O)=O)s2)cc1OC. The van der Waals surface area contributed by atoms with Crippen LogP contribution in [-0.4, -0.2) is 74.6 Å². The van der Waals surface area contributed by atoms with E-state index in [2.05, 4.69) is 20.8 Å². The minimum atomic E-state index is -3.46. The van der Waals surface area contributed by atoms with E-state index in [-0.39, 0.29) is 23.3 Å². The van der Waals surface area contributed by atoms with Gasteiger partial charge < -0.3 is 14.8 Å². The van der Waals surface area contributed by atoms with Crippen molar-refractivity contribution in [3.05, 3.63) is 18.2 Å². The fourth-order valence-electron chi connectivity index (χ4n) is 2.04. The molecule has 2 N–H and O–H groups in total. The van der Waals surface area contributed by atoms with Gasteiger partial charge in [0.15, 0.2) is 15.8 Å².